The van der Waals surface area contributed by atoms with Crippen LogP contribution < -0.4 is 0 Å². The van der Waals surface area contributed by atoms with Gasteiger partial charge in [0.25, 0.3) is 0 Å². The molecule has 0 heterocycles. The Morgan fingerprint density at radius 2 is 1.18 bits per heavy atom. The van der Waals surface area contributed by atoms with Crippen molar-refractivity contribution in [1.29, 1.82) is 0 Å². The number of carbonyl (C=O) groups is 2. The Kier molecular flexibility index (Phi) is 9.80. The Bertz CT molecular complexity index is 646. The van der Waals surface area contributed by atoms with Crippen LogP contribution in [0.1, 0.15) is 46.9 Å². The quantitative estimate of drug-likeness (QED) is 0.406. The highest BCUT2D eigenvalue weighted by Crippen LogP contribution is 2.04. The van der Waals surface area contributed by atoms with Gasteiger partial charge in [-0.05, 0) is 37.2 Å². The summed E-state index contributed by atoms with van der Waals surface area (Å²) < 4.78 is 10.7. The topological polar surface area (TPSA) is 55.8 Å². The second-order valence-corrected chi connectivity index (χ2v) is 6.55. The average Bonchev–Trinajstić information content (AvgIpc) is 2.74. The van der Waals surface area contributed by atoms with Gasteiger partial charge >= 0.3 is 11.9 Å². The summed E-state index contributed by atoms with van der Waals surface area (Å²) in [5.74, 6) is -0.630. The van der Waals surface area contributed by atoms with Gasteiger partial charge in [0.15, 0.2) is 0 Å². The maximum Gasteiger partial charge on any atom is 0.338 e. The molecule has 0 saturated carbocycles. The number of nitrogens with zero attached hydrogens (tertiary/aromatic N) is 1. The monoisotopic (exact) mass is 383 g/mol. The SMILES string of the molecule is CCCCCN(CCOC(=O)c1ccccc1)CCOC(=O)c1ccccc1. The van der Waals surface area contributed by atoms with Crippen LogP contribution in [0.25, 0.3) is 0 Å². The lowest BCUT2D eigenvalue weighted by molar-refractivity contribution is 0.0395. The number of ether oxygens (including phenoxy) is 2. The summed E-state index contributed by atoms with van der Waals surface area (Å²) in [6.45, 7) is 4.91. The molecule has 0 aliphatic heterocycles. The number of hydrogen-bond acceptors (Lipinski definition) is 5. The summed E-state index contributed by atoms with van der Waals surface area (Å²) in [7, 11) is 0. The smallest absolute Gasteiger partial charge is 0.338 e. The van der Waals surface area contributed by atoms with Crippen LogP contribution in [-0.2, 0) is 9.47 Å². The van der Waals surface area contributed by atoms with Crippen LogP contribution in [0.2, 0.25) is 0 Å². The highest BCUT2D eigenvalue weighted by atomic mass is 16.5. The number of esters is 2. The van der Waals surface area contributed by atoms with E-state index in [0.29, 0.717) is 37.4 Å². The Balaban J connectivity index is 1.75. The molecule has 0 spiro atoms. The summed E-state index contributed by atoms with van der Waals surface area (Å²) in [5.41, 5.74) is 1.11. The summed E-state index contributed by atoms with van der Waals surface area (Å²) in [6, 6.07) is 17.9. The highest BCUT2D eigenvalue weighted by molar-refractivity contribution is 5.89. The molecule has 0 amide bonds. The Labute approximate surface area is 167 Å². The number of unbranched alkanes of at least 4 members (excludes halogenated alkanes) is 2. The molecule has 0 aromatic heterocycles. The molecule has 0 saturated heterocycles. The van der Waals surface area contributed by atoms with E-state index in [2.05, 4.69) is 11.8 Å². The molecule has 2 aromatic carbocycles. The summed E-state index contributed by atoms with van der Waals surface area (Å²) in [5, 5.41) is 0. The lowest BCUT2D eigenvalue weighted by Crippen LogP contribution is -2.33. The zero-order valence-corrected chi connectivity index (χ0v) is 16.5. The fourth-order valence-electron chi connectivity index (χ4n) is 2.77. The van der Waals surface area contributed by atoms with E-state index in [9.17, 15) is 9.59 Å². The summed E-state index contributed by atoms with van der Waals surface area (Å²) in [4.78, 5) is 26.2. The lowest BCUT2D eigenvalue weighted by Gasteiger charge is -2.22. The van der Waals surface area contributed by atoms with Crippen molar-refractivity contribution in [1.82, 2.24) is 4.90 Å². The van der Waals surface area contributed by atoms with E-state index in [1.165, 1.54) is 0 Å². The van der Waals surface area contributed by atoms with Gasteiger partial charge in [0, 0.05) is 13.1 Å². The fourth-order valence-corrected chi connectivity index (χ4v) is 2.77. The summed E-state index contributed by atoms with van der Waals surface area (Å²) in [6.07, 6.45) is 3.35. The number of carbonyl (C=O) groups excluding carboxylic acids is 2. The third-order valence-electron chi connectivity index (χ3n) is 4.38. The number of rotatable bonds is 12. The minimum atomic E-state index is -0.315. The lowest BCUT2D eigenvalue weighted by atomic mass is 10.2. The predicted molar refractivity (Wildman–Crippen MR) is 109 cm³/mol. The van der Waals surface area contributed by atoms with Crippen molar-refractivity contribution in [3.05, 3.63) is 71.8 Å². The molecule has 0 fully saturated rings. The van der Waals surface area contributed by atoms with Crippen LogP contribution in [0.3, 0.4) is 0 Å². The van der Waals surface area contributed by atoms with Crippen molar-refractivity contribution in [2.24, 2.45) is 0 Å². The number of benzene rings is 2. The summed E-state index contributed by atoms with van der Waals surface area (Å²) >= 11 is 0. The Morgan fingerprint density at radius 3 is 1.61 bits per heavy atom. The number of hydrogen-bond donors (Lipinski definition) is 0. The van der Waals surface area contributed by atoms with Gasteiger partial charge in [0.1, 0.15) is 13.2 Å². The van der Waals surface area contributed by atoms with E-state index < -0.39 is 0 Å². The second-order valence-electron chi connectivity index (χ2n) is 6.55. The van der Waals surface area contributed by atoms with Gasteiger partial charge in [-0.15, -0.1) is 0 Å². The van der Waals surface area contributed by atoms with Crippen molar-refractivity contribution < 1.29 is 19.1 Å². The van der Waals surface area contributed by atoms with E-state index in [1.807, 2.05) is 36.4 Å². The van der Waals surface area contributed by atoms with Crippen molar-refractivity contribution in [2.75, 3.05) is 32.8 Å². The molecule has 0 N–H and O–H groups in total. The molecule has 0 bridgehead atoms. The van der Waals surface area contributed by atoms with Gasteiger partial charge in [-0.2, -0.15) is 0 Å². The van der Waals surface area contributed by atoms with Crippen LogP contribution in [0.5, 0.6) is 0 Å². The maximum absolute atomic E-state index is 12.0. The predicted octanol–water partition coefficient (Wildman–Crippen LogP) is 4.19. The molecular weight excluding hydrogens is 354 g/mol. The van der Waals surface area contributed by atoms with Gasteiger partial charge in [-0.25, -0.2) is 9.59 Å². The van der Waals surface area contributed by atoms with E-state index in [0.717, 1.165) is 25.8 Å². The molecule has 150 valence electrons. The Hall–Kier alpha value is -2.66. The molecular formula is C23H29NO4. The minimum Gasteiger partial charge on any atom is -0.461 e. The molecule has 2 aromatic rings. The first kappa shape index (κ1) is 21.6. The van der Waals surface area contributed by atoms with Gasteiger partial charge in [-0.3, -0.25) is 4.90 Å². The molecule has 2 rings (SSSR count). The molecule has 0 aliphatic rings. The van der Waals surface area contributed by atoms with Gasteiger partial charge in [0.05, 0.1) is 11.1 Å². The fraction of sp³-hybridized carbons (Fsp3) is 0.391. The molecule has 5 heteroatoms. The Morgan fingerprint density at radius 1 is 0.714 bits per heavy atom. The van der Waals surface area contributed by atoms with E-state index in [1.54, 1.807) is 24.3 Å². The third-order valence-corrected chi connectivity index (χ3v) is 4.38. The maximum atomic E-state index is 12.0. The molecule has 0 atom stereocenters. The first-order valence-electron chi connectivity index (χ1n) is 9.87. The molecule has 0 radical (unpaired) electrons. The highest BCUT2D eigenvalue weighted by Gasteiger charge is 2.11. The van der Waals surface area contributed by atoms with Crippen LogP contribution in [-0.4, -0.2) is 49.7 Å². The van der Waals surface area contributed by atoms with Gasteiger partial charge in [0.2, 0.25) is 0 Å². The van der Waals surface area contributed by atoms with Gasteiger partial charge < -0.3 is 9.47 Å². The first-order valence-corrected chi connectivity index (χ1v) is 9.87. The zero-order valence-electron chi connectivity index (χ0n) is 16.5. The molecule has 0 unspecified atom stereocenters. The normalized spacial score (nSPS) is 10.6. The van der Waals surface area contributed by atoms with Crippen molar-refractivity contribution >= 4 is 11.9 Å². The van der Waals surface area contributed by atoms with Crippen LogP contribution in [0.15, 0.2) is 60.7 Å². The average molecular weight is 383 g/mol. The van der Waals surface area contributed by atoms with E-state index in [4.69, 9.17) is 9.47 Å². The van der Waals surface area contributed by atoms with Crippen molar-refractivity contribution in [3.8, 4) is 0 Å². The molecule has 28 heavy (non-hydrogen) atoms. The van der Waals surface area contributed by atoms with E-state index in [-0.39, 0.29) is 11.9 Å². The zero-order chi connectivity index (χ0) is 20.0. The van der Waals surface area contributed by atoms with Crippen LogP contribution in [0.4, 0.5) is 0 Å². The van der Waals surface area contributed by atoms with Crippen molar-refractivity contribution in [2.45, 2.75) is 26.2 Å². The van der Waals surface area contributed by atoms with Crippen LogP contribution >= 0.6 is 0 Å². The van der Waals surface area contributed by atoms with Gasteiger partial charge in [-0.1, -0.05) is 56.2 Å². The standard InChI is InChI=1S/C23H29NO4/c1-2-3-10-15-24(16-18-27-22(25)20-11-6-4-7-12-20)17-19-28-23(26)21-13-8-5-9-14-21/h4-9,11-14H,2-3,10,15-19H2,1H3. The first-order chi connectivity index (χ1) is 13.7. The van der Waals surface area contributed by atoms with Crippen LogP contribution in [0, 0.1) is 0 Å². The second kappa shape index (κ2) is 12.7. The van der Waals surface area contributed by atoms with Crippen molar-refractivity contribution in [3.63, 3.8) is 0 Å². The van der Waals surface area contributed by atoms with E-state index >= 15 is 0 Å². The third kappa shape index (κ3) is 7.92. The minimum absolute atomic E-state index is 0.312. The molecule has 0 aliphatic carbocycles. The largest absolute Gasteiger partial charge is 0.461 e. The molecule has 5 nitrogen and oxygen atoms in total.